The Morgan fingerprint density at radius 1 is 1.73 bits per heavy atom. The lowest BCUT2D eigenvalue weighted by atomic mass is 10.7. The van der Waals surface area contributed by atoms with Crippen LogP contribution in [0.5, 0.6) is 0 Å². The highest BCUT2D eigenvalue weighted by Gasteiger charge is 2.00. The van der Waals surface area contributed by atoms with Crippen molar-refractivity contribution in [2.75, 3.05) is 13.0 Å². The number of rotatable bonds is 4. The van der Waals surface area contributed by atoms with Gasteiger partial charge in [0.1, 0.15) is 6.33 Å². The minimum Gasteiger partial charge on any atom is -0.374 e. The number of ether oxygens (including phenoxy) is 1. The molecule has 5 heteroatoms. The fraction of sp³-hybridized carbons (Fsp3) is 0.667. The molecule has 0 aliphatic carbocycles. The molecule has 0 radical (unpaired) electrons. The molecule has 0 aliphatic heterocycles. The van der Waals surface area contributed by atoms with Gasteiger partial charge < -0.3 is 9.30 Å². The Bertz CT molecular complexity index is 213. The first-order valence-corrected chi connectivity index (χ1v) is 4.36. The Labute approximate surface area is 70.0 Å². The number of thioether (sulfide) groups is 1. The van der Waals surface area contributed by atoms with E-state index in [0.717, 1.165) is 11.7 Å². The maximum atomic E-state index is 4.90. The number of methoxy groups -OCH3 is 1. The van der Waals surface area contributed by atoms with Crippen LogP contribution in [0.2, 0.25) is 0 Å². The summed E-state index contributed by atoms with van der Waals surface area (Å²) < 4.78 is 6.87. The smallest absolute Gasteiger partial charge is 0.193 e. The number of nitrogens with zero attached hydrogens (tertiary/aromatic N) is 3. The molecule has 0 saturated carbocycles. The predicted molar refractivity (Wildman–Crippen MR) is 43.4 cm³/mol. The van der Waals surface area contributed by atoms with Crippen molar-refractivity contribution in [3.8, 4) is 0 Å². The van der Waals surface area contributed by atoms with Gasteiger partial charge in [0.2, 0.25) is 0 Å². The molecule has 0 fully saturated rings. The van der Waals surface area contributed by atoms with Crippen LogP contribution >= 0.6 is 11.8 Å². The molecule has 1 rings (SSSR count). The van der Waals surface area contributed by atoms with Gasteiger partial charge in [-0.25, -0.2) is 0 Å². The monoisotopic (exact) mass is 173 g/mol. The van der Waals surface area contributed by atoms with Crippen LogP contribution in [-0.2, 0) is 11.3 Å². The molecule has 0 aromatic carbocycles. The van der Waals surface area contributed by atoms with Crippen LogP contribution in [0.4, 0.5) is 0 Å². The Balaban J connectivity index is 2.54. The third-order valence-electron chi connectivity index (χ3n) is 1.23. The largest absolute Gasteiger partial charge is 0.374 e. The summed E-state index contributed by atoms with van der Waals surface area (Å²) in [5, 5.41) is 8.61. The van der Waals surface area contributed by atoms with Crippen LogP contribution in [0, 0.1) is 0 Å². The molecule has 0 aliphatic rings. The Morgan fingerprint density at radius 2 is 2.55 bits per heavy atom. The number of aryl methyl sites for hydroxylation is 1. The standard InChI is InChI=1S/C6H11N3OS/c1-3-9-4-7-8-6(9)11-5-10-2/h4H,3,5H2,1-2H3. The maximum Gasteiger partial charge on any atom is 0.193 e. The summed E-state index contributed by atoms with van der Waals surface area (Å²) >= 11 is 1.55. The van der Waals surface area contributed by atoms with Crippen LogP contribution in [-0.4, -0.2) is 27.8 Å². The van der Waals surface area contributed by atoms with Crippen molar-refractivity contribution in [1.82, 2.24) is 14.8 Å². The molecule has 1 aromatic rings. The van der Waals surface area contributed by atoms with Crippen molar-refractivity contribution in [3.05, 3.63) is 6.33 Å². The summed E-state index contributed by atoms with van der Waals surface area (Å²) in [5.74, 6) is 0.624. The Hall–Kier alpha value is -0.550. The average molecular weight is 173 g/mol. The van der Waals surface area contributed by atoms with Crippen LogP contribution in [0.1, 0.15) is 6.92 Å². The van der Waals surface area contributed by atoms with E-state index in [1.54, 1.807) is 25.2 Å². The zero-order valence-electron chi connectivity index (χ0n) is 6.65. The molecule has 0 N–H and O–H groups in total. The zero-order chi connectivity index (χ0) is 8.10. The molecule has 0 saturated heterocycles. The van der Waals surface area contributed by atoms with E-state index in [0.29, 0.717) is 5.94 Å². The van der Waals surface area contributed by atoms with Gasteiger partial charge in [0, 0.05) is 13.7 Å². The van der Waals surface area contributed by atoms with Gasteiger partial charge >= 0.3 is 0 Å². The first-order valence-electron chi connectivity index (χ1n) is 3.38. The second-order valence-corrected chi connectivity index (χ2v) is 2.84. The van der Waals surface area contributed by atoms with E-state index >= 15 is 0 Å². The molecule has 1 aromatic heterocycles. The lowest BCUT2D eigenvalue weighted by Crippen LogP contribution is -1.95. The van der Waals surface area contributed by atoms with Crippen molar-refractivity contribution in [1.29, 1.82) is 0 Å². The molecule has 11 heavy (non-hydrogen) atoms. The SMILES string of the molecule is CCn1cnnc1SCOC. The third kappa shape index (κ3) is 2.20. The van der Waals surface area contributed by atoms with Gasteiger partial charge in [-0.15, -0.1) is 10.2 Å². The molecule has 62 valence electrons. The van der Waals surface area contributed by atoms with Crippen molar-refractivity contribution in [2.24, 2.45) is 0 Å². The van der Waals surface area contributed by atoms with E-state index in [2.05, 4.69) is 17.1 Å². The first-order chi connectivity index (χ1) is 5.38. The molecule has 1 heterocycles. The Kier molecular flexibility index (Phi) is 3.38. The summed E-state index contributed by atoms with van der Waals surface area (Å²) in [4.78, 5) is 0. The van der Waals surface area contributed by atoms with Gasteiger partial charge in [-0.05, 0) is 6.92 Å². The highest BCUT2D eigenvalue weighted by Crippen LogP contribution is 2.13. The van der Waals surface area contributed by atoms with Gasteiger partial charge in [-0.2, -0.15) is 0 Å². The van der Waals surface area contributed by atoms with Crippen LogP contribution < -0.4 is 0 Å². The van der Waals surface area contributed by atoms with Gasteiger partial charge in [-0.3, -0.25) is 0 Å². The van der Waals surface area contributed by atoms with Crippen LogP contribution in [0.15, 0.2) is 11.5 Å². The molecule has 0 spiro atoms. The molecule has 0 bridgehead atoms. The summed E-state index contributed by atoms with van der Waals surface area (Å²) in [6.45, 7) is 2.96. The van der Waals surface area contributed by atoms with Gasteiger partial charge in [0.05, 0.1) is 5.94 Å². The third-order valence-corrected chi connectivity index (χ3v) is 2.15. The summed E-state index contributed by atoms with van der Waals surface area (Å²) in [7, 11) is 1.67. The predicted octanol–water partition coefficient (Wildman–Crippen LogP) is 0.994. The topological polar surface area (TPSA) is 39.9 Å². The highest BCUT2D eigenvalue weighted by atomic mass is 32.2. The van der Waals surface area contributed by atoms with E-state index in [9.17, 15) is 0 Å². The first kappa shape index (κ1) is 8.55. The Morgan fingerprint density at radius 3 is 3.18 bits per heavy atom. The minimum atomic E-state index is 0.624. The van der Waals surface area contributed by atoms with Crippen LogP contribution in [0.25, 0.3) is 0 Å². The van der Waals surface area contributed by atoms with E-state index in [-0.39, 0.29) is 0 Å². The summed E-state index contributed by atoms with van der Waals surface area (Å²) in [6, 6.07) is 0. The van der Waals surface area contributed by atoms with E-state index in [1.807, 2.05) is 4.57 Å². The lowest BCUT2D eigenvalue weighted by molar-refractivity contribution is 0.258. The molecule has 0 amide bonds. The molecular formula is C6H11N3OS. The normalized spacial score (nSPS) is 10.4. The fourth-order valence-corrected chi connectivity index (χ4v) is 1.35. The summed E-state index contributed by atoms with van der Waals surface area (Å²) in [6.07, 6.45) is 1.72. The minimum absolute atomic E-state index is 0.624. The van der Waals surface area contributed by atoms with E-state index in [1.165, 1.54) is 0 Å². The van der Waals surface area contributed by atoms with Crippen molar-refractivity contribution in [3.63, 3.8) is 0 Å². The quantitative estimate of drug-likeness (QED) is 0.503. The highest BCUT2D eigenvalue weighted by molar-refractivity contribution is 7.99. The molecule has 4 nitrogen and oxygen atoms in total. The molecule has 0 atom stereocenters. The number of hydrogen-bond acceptors (Lipinski definition) is 4. The summed E-state index contributed by atoms with van der Waals surface area (Å²) in [5.41, 5.74) is 0. The van der Waals surface area contributed by atoms with Gasteiger partial charge in [0.25, 0.3) is 0 Å². The average Bonchev–Trinajstić information content (AvgIpc) is 2.47. The van der Waals surface area contributed by atoms with Crippen LogP contribution in [0.3, 0.4) is 0 Å². The van der Waals surface area contributed by atoms with E-state index < -0.39 is 0 Å². The van der Waals surface area contributed by atoms with Gasteiger partial charge in [0.15, 0.2) is 5.16 Å². The zero-order valence-corrected chi connectivity index (χ0v) is 7.47. The van der Waals surface area contributed by atoms with Crippen molar-refractivity contribution in [2.45, 2.75) is 18.6 Å². The number of aromatic nitrogens is 3. The molecule has 0 unspecified atom stereocenters. The second kappa shape index (κ2) is 4.35. The van der Waals surface area contributed by atoms with Gasteiger partial charge in [-0.1, -0.05) is 11.8 Å². The molecular weight excluding hydrogens is 162 g/mol. The maximum absolute atomic E-state index is 4.90. The fourth-order valence-electron chi connectivity index (χ4n) is 0.685. The van der Waals surface area contributed by atoms with Crippen molar-refractivity contribution >= 4 is 11.8 Å². The second-order valence-electron chi connectivity index (χ2n) is 1.95. The van der Waals surface area contributed by atoms with Crippen molar-refractivity contribution < 1.29 is 4.74 Å². The lowest BCUT2D eigenvalue weighted by Gasteiger charge is -2.00. The van der Waals surface area contributed by atoms with E-state index in [4.69, 9.17) is 4.74 Å². The number of hydrogen-bond donors (Lipinski definition) is 0.